The number of aromatic nitrogens is 3. The molecule has 1 saturated heterocycles. The number of nitrogens with zero attached hydrogens (tertiary/aromatic N) is 5. The van der Waals surface area contributed by atoms with E-state index >= 15 is 0 Å². The summed E-state index contributed by atoms with van der Waals surface area (Å²) in [6.45, 7) is 5.29. The minimum Gasteiger partial charge on any atom is -0.494 e. The lowest BCUT2D eigenvalue weighted by molar-refractivity contribution is -0.148. The predicted molar refractivity (Wildman–Crippen MR) is 111 cm³/mol. The molecule has 4 rings (SSSR count). The van der Waals surface area contributed by atoms with Crippen molar-refractivity contribution in [3.63, 3.8) is 0 Å². The van der Waals surface area contributed by atoms with Gasteiger partial charge in [0.2, 0.25) is 5.95 Å². The number of piperazine rings is 1. The monoisotopic (exact) mass is 415 g/mol. The van der Waals surface area contributed by atoms with Crippen molar-refractivity contribution < 1.29 is 19.7 Å². The third-order valence-electron chi connectivity index (χ3n) is 5.91. The van der Waals surface area contributed by atoms with Crippen LogP contribution in [0.5, 0.6) is 11.8 Å². The molecule has 1 atom stereocenters. The zero-order chi connectivity index (χ0) is 21.1. The lowest BCUT2D eigenvalue weighted by Gasteiger charge is -2.36. The van der Waals surface area contributed by atoms with Gasteiger partial charge >= 0.3 is 5.97 Å². The Balaban J connectivity index is 1.42. The first-order valence-electron chi connectivity index (χ1n) is 10.6. The molecule has 9 heteroatoms. The molecule has 2 N–H and O–H groups in total. The highest BCUT2D eigenvalue weighted by Gasteiger charge is 2.28. The van der Waals surface area contributed by atoms with Gasteiger partial charge < -0.3 is 19.8 Å². The molecule has 1 aliphatic carbocycles. The maximum absolute atomic E-state index is 11.7. The molecule has 0 amide bonds. The van der Waals surface area contributed by atoms with Crippen LogP contribution in [0.1, 0.15) is 30.9 Å². The molecule has 30 heavy (non-hydrogen) atoms. The van der Waals surface area contributed by atoms with Crippen LogP contribution in [-0.4, -0.2) is 74.4 Å². The fraction of sp³-hybridized carbons (Fsp3) is 0.571. The van der Waals surface area contributed by atoms with Gasteiger partial charge in [0.15, 0.2) is 11.8 Å². The van der Waals surface area contributed by atoms with Crippen LogP contribution in [0, 0.1) is 0 Å². The van der Waals surface area contributed by atoms with Crippen LogP contribution in [0.2, 0.25) is 0 Å². The molecular weight excluding hydrogens is 386 g/mol. The average molecular weight is 415 g/mol. The maximum Gasteiger partial charge on any atom is 0.303 e. The number of rotatable bonds is 6. The van der Waals surface area contributed by atoms with Gasteiger partial charge in [-0.05, 0) is 31.7 Å². The highest BCUT2D eigenvalue weighted by atomic mass is 16.5. The summed E-state index contributed by atoms with van der Waals surface area (Å²) in [6, 6.07) is 1.80. The molecule has 1 unspecified atom stereocenters. The van der Waals surface area contributed by atoms with Crippen molar-refractivity contribution in [3.8, 4) is 11.8 Å². The van der Waals surface area contributed by atoms with Crippen LogP contribution in [0.4, 0.5) is 5.95 Å². The Morgan fingerprint density at radius 2 is 1.63 bits per heavy atom. The van der Waals surface area contributed by atoms with Gasteiger partial charge in [0, 0.05) is 63.2 Å². The van der Waals surface area contributed by atoms with E-state index in [9.17, 15) is 15.0 Å². The Bertz CT molecular complexity index is 848. The fourth-order valence-electron chi connectivity index (χ4n) is 4.44. The van der Waals surface area contributed by atoms with E-state index in [1.807, 2.05) is 0 Å². The van der Waals surface area contributed by atoms with Gasteiger partial charge in [-0.3, -0.25) is 14.3 Å². The largest absolute Gasteiger partial charge is 0.494 e. The summed E-state index contributed by atoms with van der Waals surface area (Å²) in [4.78, 5) is 24.7. The van der Waals surface area contributed by atoms with Crippen molar-refractivity contribution in [2.24, 2.45) is 0 Å². The molecule has 2 aromatic rings. The molecule has 2 aromatic heterocycles. The normalized spacial score (nSPS) is 18.1. The molecule has 1 fully saturated rings. The Morgan fingerprint density at radius 3 is 2.20 bits per heavy atom. The second-order valence-electron chi connectivity index (χ2n) is 7.99. The van der Waals surface area contributed by atoms with E-state index in [1.165, 1.54) is 11.5 Å². The summed E-state index contributed by atoms with van der Waals surface area (Å²) < 4.78 is 7.05. The molecule has 1 aliphatic heterocycles. The van der Waals surface area contributed by atoms with E-state index in [0.29, 0.717) is 6.54 Å². The quantitative estimate of drug-likeness (QED) is 0.681. The number of fused-ring (bicyclic) bond motifs is 1. The molecule has 2 aliphatic rings. The molecule has 0 aromatic carbocycles. The lowest BCUT2D eigenvalue weighted by atomic mass is 9.95. The molecule has 0 saturated carbocycles. The van der Waals surface area contributed by atoms with Crippen molar-refractivity contribution in [2.75, 3.05) is 37.6 Å². The minimum absolute atomic E-state index is 0.102. The fourth-order valence-corrected chi connectivity index (χ4v) is 4.44. The highest BCUT2D eigenvalue weighted by Crippen LogP contribution is 2.38. The Morgan fingerprint density at radius 1 is 1.03 bits per heavy atom. The van der Waals surface area contributed by atoms with E-state index in [1.54, 1.807) is 18.5 Å². The van der Waals surface area contributed by atoms with Crippen molar-refractivity contribution in [2.45, 2.75) is 45.3 Å². The summed E-state index contributed by atoms with van der Waals surface area (Å²) in [5.41, 5.74) is 1.66. The van der Waals surface area contributed by atoms with Gasteiger partial charge in [0.25, 0.3) is 0 Å². The predicted octanol–water partition coefficient (Wildman–Crippen LogP) is 1.32. The number of esters is 1. The Labute approximate surface area is 175 Å². The number of ether oxygens (including phenoxy) is 1. The van der Waals surface area contributed by atoms with Crippen LogP contribution in [-0.2, 0) is 28.9 Å². The SMILES string of the molecule is CC(=O)OC(CN1CCN(c2ncccn2)CC1)Cn1c(O)c2c(c1O)CCCC2. The zero-order valence-corrected chi connectivity index (χ0v) is 17.3. The Kier molecular flexibility index (Phi) is 6.08. The number of carbonyl (C=O) groups is 1. The first-order chi connectivity index (χ1) is 14.5. The standard InChI is InChI=1S/C21H29N5O4/c1-15(27)30-16(14-26-19(28)17-5-2-3-6-18(17)20(26)29)13-24-9-11-25(12-10-24)21-22-7-4-8-23-21/h4,7-8,16,28-29H,2-3,5-6,9-14H2,1H3. The van der Waals surface area contributed by atoms with E-state index in [-0.39, 0.29) is 24.3 Å². The zero-order valence-electron chi connectivity index (χ0n) is 17.3. The Hall–Kier alpha value is -2.81. The van der Waals surface area contributed by atoms with Crippen LogP contribution in [0.15, 0.2) is 18.5 Å². The average Bonchev–Trinajstić information content (AvgIpc) is 2.99. The lowest BCUT2D eigenvalue weighted by Crippen LogP contribution is -2.50. The molecule has 0 bridgehead atoms. The highest BCUT2D eigenvalue weighted by molar-refractivity contribution is 5.66. The van der Waals surface area contributed by atoms with E-state index in [2.05, 4.69) is 19.8 Å². The van der Waals surface area contributed by atoms with E-state index in [4.69, 9.17) is 4.74 Å². The first kappa shape index (κ1) is 20.5. The topological polar surface area (TPSA) is 104 Å². The number of aromatic hydroxyl groups is 2. The molecule has 3 heterocycles. The minimum atomic E-state index is -0.465. The summed E-state index contributed by atoms with van der Waals surface area (Å²) in [5.74, 6) is 0.560. The second kappa shape index (κ2) is 8.91. The number of carbonyl (C=O) groups excluding carboxylic acids is 1. The third kappa shape index (κ3) is 4.35. The van der Waals surface area contributed by atoms with Gasteiger partial charge in [-0.15, -0.1) is 0 Å². The van der Waals surface area contributed by atoms with Gasteiger partial charge in [-0.25, -0.2) is 9.97 Å². The summed E-state index contributed by atoms with van der Waals surface area (Å²) in [6.07, 6.45) is 6.56. The number of hydrogen-bond donors (Lipinski definition) is 2. The molecule has 9 nitrogen and oxygen atoms in total. The van der Waals surface area contributed by atoms with E-state index in [0.717, 1.165) is 68.9 Å². The van der Waals surface area contributed by atoms with E-state index < -0.39 is 6.10 Å². The molecule has 0 spiro atoms. The molecule has 0 radical (unpaired) electrons. The number of hydrogen-bond acceptors (Lipinski definition) is 8. The van der Waals surface area contributed by atoms with Gasteiger partial charge in [-0.2, -0.15) is 0 Å². The van der Waals surface area contributed by atoms with Crippen molar-refractivity contribution in [3.05, 3.63) is 29.6 Å². The van der Waals surface area contributed by atoms with Gasteiger partial charge in [-0.1, -0.05) is 0 Å². The van der Waals surface area contributed by atoms with Crippen LogP contribution >= 0.6 is 0 Å². The first-order valence-corrected chi connectivity index (χ1v) is 10.6. The van der Waals surface area contributed by atoms with Crippen LogP contribution in [0.3, 0.4) is 0 Å². The van der Waals surface area contributed by atoms with Gasteiger partial charge in [0.05, 0.1) is 6.54 Å². The smallest absolute Gasteiger partial charge is 0.303 e. The summed E-state index contributed by atoms with van der Waals surface area (Å²) in [7, 11) is 0. The summed E-state index contributed by atoms with van der Waals surface area (Å²) in [5, 5.41) is 21.3. The van der Waals surface area contributed by atoms with Crippen molar-refractivity contribution in [1.29, 1.82) is 0 Å². The van der Waals surface area contributed by atoms with Crippen molar-refractivity contribution in [1.82, 2.24) is 19.4 Å². The maximum atomic E-state index is 11.7. The third-order valence-corrected chi connectivity index (χ3v) is 5.91. The molecular formula is C21H29N5O4. The van der Waals surface area contributed by atoms with Crippen LogP contribution in [0.25, 0.3) is 0 Å². The molecule has 162 valence electrons. The van der Waals surface area contributed by atoms with Gasteiger partial charge in [0.1, 0.15) is 6.10 Å². The van der Waals surface area contributed by atoms with Crippen molar-refractivity contribution >= 4 is 11.9 Å². The van der Waals surface area contributed by atoms with Crippen LogP contribution < -0.4 is 4.90 Å². The second-order valence-corrected chi connectivity index (χ2v) is 7.99. The number of anilines is 1. The summed E-state index contributed by atoms with van der Waals surface area (Å²) >= 11 is 0.